The Bertz CT molecular complexity index is 370. The van der Waals surface area contributed by atoms with E-state index in [1.54, 1.807) is 4.90 Å². The van der Waals surface area contributed by atoms with Crippen molar-refractivity contribution in [3.63, 3.8) is 0 Å². The normalized spacial score (nSPS) is 16.9. The number of alkyl halides is 3. The number of hydrogen-bond acceptors (Lipinski definition) is 4. The Morgan fingerprint density at radius 1 is 1.14 bits per heavy atom. The highest BCUT2D eigenvalue weighted by Gasteiger charge is 2.35. The molecule has 10 heteroatoms. The van der Waals surface area contributed by atoms with Crippen LogP contribution in [0.15, 0.2) is 0 Å². The summed E-state index contributed by atoms with van der Waals surface area (Å²) in [4.78, 5) is 25.9. The van der Waals surface area contributed by atoms with Crippen molar-refractivity contribution < 1.29 is 33.0 Å². The van der Waals surface area contributed by atoms with Crippen LogP contribution >= 0.6 is 0 Å². The van der Waals surface area contributed by atoms with Gasteiger partial charge in [-0.15, -0.1) is 0 Å². The molecule has 1 aliphatic heterocycles. The molecule has 0 aromatic rings. The van der Waals surface area contributed by atoms with Gasteiger partial charge in [-0.1, -0.05) is 0 Å². The summed E-state index contributed by atoms with van der Waals surface area (Å²) >= 11 is 0. The molecule has 0 aliphatic carbocycles. The SMILES string of the molecule is O=C(O)CN1CCN(C(=O)N(CCO)CC(F)(F)F)CC1. The van der Waals surface area contributed by atoms with Gasteiger partial charge in [-0.2, -0.15) is 13.2 Å². The van der Waals surface area contributed by atoms with Crippen molar-refractivity contribution in [3.05, 3.63) is 0 Å². The topological polar surface area (TPSA) is 84.3 Å². The maximum Gasteiger partial charge on any atom is 0.406 e. The number of carbonyl (C=O) groups is 2. The van der Waals surface area contributed by atoms with Crippen molar-refractivity contribution in [1.82, 2.24) is 14.7 Å². The Morgan fingerprint density at radius 3 is 2.14 bits per heavy atom. The number of halogens is 3. The first-order valence-corrected chi connectivity index (χ1v) is 6.38. The van der Waals surface area contributed by atoms with E-state index in [1.165, 1.54) is 4.90 Å². The lowest BCUT2D eigenvalue weighted by atomic mass is 10.3. The van der Waals surface area contributed by atoms with Crippen molar-refractivity contribution in [2.45, 2.75) is 6.18 Å². The van der Waals surface area contributed by atoms with E-state index in [2.05, 4.69) is 0 Å². The summed E-state index contributed by atoms with van der Waals surface area (Å²) in [5.41, 5.74) is 0. The largest absolute Gasteiger partial charge is 0.480 e. The van der Waals surface area contributed by atoms with E-state index in [-0.39, 0.29) is 32.7 Å². The predicted octanol–water partition coefficient (Wildman–Crippen LogP) is -0.335. The average molecular weight is 313 g/mol. The van der Waals surface area contributed by atoms with Crippen LogP contribution in [0.1, 0.15) is 0 Å². The van der Waals surface area contributed by atoms with Crippen LogP contribution in [0.3, 0.4) is 0 Å². The van der Waals surface area contributed by atoms with Crippen molar-refractivity contribution in [1.29, 1.82) is 0 Å². The van der Waals surface area contributed by atoms with E-state index in [9.17, 15) is 22.8 Å². The summed E-state index contributed by atoms with van der Waals surface area (Å²) < 4.78 is 37.2. The minimum Gasteiger partial charge on any atom is -0.480 e. The van der Waals surface area contributed by atoms with Gasteiger partial charge in [-0.3, -0.25) is 9.69 Å². The molecule has 1 rings (SSSR count). The molecular formula is C11H18F3N3O4. The van der Waals surface area contributed by atoms with E-state index in [0.29, 0.717) is 4.90 Å². The Labute approximate surface area is 119 Å². The fourth-order valence-corrected chi connectivity index (χ4v) is 2.07. The van der Waals surface area contributed by atoms with Gasteiger partial charge in [0.25, 0.3) is 0 Å². The second-order valence-electron chi connectivity index (χ2n) is 4.70. The van der Waals surface area contributed by atoms with Gasteiger partial charge < -0.3 is 20.0 Å². The number of aliphatic carboxylic acids is 1. The Kier molecular flexibility index (Phi) is 6.21. The van der Waals surface area contributed by atoms with E-state index in [4.69, 9.17) is 10.2 Å². The maximum absolute atomic E-state index is 12.4. The van der Waals surface area contributed by atoms with Crippen LogP contribution in [0.2, 0.25) is 0 Å². The third kappa shape index (κ3) is 6.17. The van der Waals surface area contributed by atoms with Crippen molar-refractivity contribution in [2.24, 2.45) is 0 Å². The number of rotatable bonds is 5. The summed E-state index contributed by atoms with van der Waals surface area (Å²) in [6.45, 7) is -1.63. The molecule has 21 heavy (non-hydrogen) atoms. The van der Waals surface area contributed by atoms with Gasteiger partial charge in [-0.05, 0) is 0 Å². The molecule has 0 aromatic carbocycles. The minimum atomic E-state index is -4.53. The van der Waals surface area contributed by atoms with Crippen LogP contribution in [0.4, 0.5) is 18.0 Å². The molecule has 1 saturated heterocycles. The number of nitrogens with zero attached hydrogens (tertiary/aromatic N) is 3. The maximum atomic E-state index is 12.4. The molecule has 7 nitrogen and oxygen atoms in total. The number of aliphatic hydroxyl groups excluding tert-OH is 1. The molecule has 0 atom stereocenters. The second-order valence-corrected chi connectivity index (χ2v) is 4.70. The number of carboxylic acid groups (broad SMARTS) is 1. The highest BCUT2D eigenvalue weighted by atomic mass is 19.4. The molecule has 1 aliphatic rings. The van der Waals surface area contributed by atoms with Gasteiger partial charge in [0, 0.05) is 32.7 Å². The first kappa shape index (κ1) is 17.5. The first-order chi connectivity index (χ1) is 9.73. The van der Waals surface area contributed by atoms with E-state index < -0.39 is 37.9 Å². The quantitative estimate of drug-likeness (QED) is 0.726. The molecule has 1 heterocycles. The van der Waals surface area contributed by atoms with Gasteiger partial charge in [0.2, 0.25) is 0 Å². The minimum absolute atomic E-state index is 0.159. The highest BCUT2D eigenvalue weighted by molar-refractivity contribution is 5.74. The zero-order valence-corrected chi connectivity index (χ0v) is 11.3. The predicted molar refractivity (Wildman–Crippen MR) is 65.8 cm³/mol. The van der Waals surface area contributed by atoms with Gasteiger partial charge in [-0.25, -0.2) is 4.79 Å². The third-order valence-electron chi connectivity index (χ3n) is 3.01. The average Bonchev–Trinajstić information content (AvgIpc) is 2.36. The van der Waals surface area contributed by atoms with E-state index >= 15 is 0 Å². The van der Waals surface area contributed by atoms with Gasteiger partial charge in [0.1, 0.15) is 6.54 Å². The highest BCUT2D eigenvalue weighted by Crippen LogP contribution is 2.17. The molecule has 0 saturated carbocycles. The van der Waals surface area contributed by atoms with Crippen LogP contribution in [0, 0.1) is 0 Å². The molecule has 1 fully saturated rings. The van der Waals surface area contributed by atoms with Gasteiger partial charge in [0.15, 0.2) is 0 Å². The zero-order valence-electron chi connectivity index (χ0n) is 11.3. The van der Waals surface area contributed by atoms with Crippen molar-refractivity contribution >= 4 is 12.0 Å². The summed E-state index contributed by atoms with van der Waals surface area (Å²) in [7, 11) is 0. The number of urea groups is 1. The van der Waals surface area contributed by atoms with Crippen LogP contribution in [0.5, 0.6) is 0 Å². The molecular weight excluding hydrogens is 295 g/mol. The number of aliphatic hydroxyl groups is 1. The fourth-order valence-electron chi connectivity index (χ4n) is 2.07. The van der Waals surface area contributed by atoms with Gasteiger partial charge >= 0.3 is 18.2 Å². The van der Waals surface area contributed by atoms with Crippen LogP contribution in [-0.4, -0.2) is 95.5 Å². The molecule has 2 amide bonds. The molecule has 2 N–H and O–H groups in total. The molecule has 122 valence electrons. The Balaban J connectivity index is 2.55. The smallest absolute Gasteiger partial charge is 0.406 e. The zero-order chi connectivity index (χ0) is 16.0. The van der Waals surface area contributed by atoms with E-state index in [1.807, 2.05) is 0 Å². The van der Waals surface area contributed by atoms with Gasteiger partial charge in [0.05, 0.1) is 13.2 Å². The molecule has 0 unspecified atom stereocenters. The Hall–Kier alpha value is -1.55. The van der Waals surface area contributed by atoms with Crippen LogP contribution in [-0.2, 0) is 4.79 Å². The molecule has 0 spiro atoms. The number of carboxylic acids is 1. The first-order valence-electron chi connectivity index (χ1n) is 6.38. The monoisotopic (exact) mass is 313 g/mol. The summed E-state index contributed by atoms with van der Waals surface area (Å²) in [6.07, 6.45) is -4.53. The standard InChI is InChI=1S/C11H18F3N3O4/c12-11(13,14)8-17(5-6-18)10(21)16-3-1-15(2-4-16)7-9(19)20/h18H,1-8H2,(H,19,20). The number of piperazine rings is 1. The second kappa shape index (κ2) is 7.46. The summed E-state index contributed by atoms with van der Waals surface area (Å²) in [6, 6.07) is -0.795. The summed E-state index contributed by atoms with van der Waals surface area (Å²) in [5, 5.41) is 17.4. The fraction of sp³-hybridized carbons (Fsp3) is 0.818. The van der Waals surface area contributed by atoms with Crippen molar-refractivity contribution in [3.8, 4) is 0 Å². The number of carbonyl (C=O) groups excluding carboxylic acids is 1. The molecule has 0 aromatic heterocycles. The third-order valence-corrected chi connectivity index (χ3v) is 3.01. The molecule has 0 radical (unpaired) electrons. The lowest BCUT2D eigenvalue weighted by Gasteiger charge is -2.37. The van der Waals surface area contributed by atoms with Crippen molar-refractivity contribution in [2.75, 3.05) is 52.4 Å². The summed E-state index contributed by atoms with van der Waals surface area (Å²) in [5.74, 6) is -0.992. The van der Waals surface area contributed by atoms with Crippen LogP contribution in [0.25, 0.3) is 0 Å². The molecule has 0 bridgehead atoms. The van der Waals surface area contributed by atoms with Crippen LogP contribution < -0.4 is 0 Å². The lowest BCUT2D eigenvalue weighted by molar-refractivity contribution is -0.142. The number of amides is 2. The van der Waals surface area contributed by atoms with E-state index in [0.717, 1.165) is 0 Å². The number of hydrogen-bond donors (Lipinski definition) is 2. The lowest BCUT2D eigenvalue weighted by Crippen LogP contribution is -2.55. The Morgan fingerprint density at radius 2 is 1.71 bits per heavy atom.